The monoisotopic (exact) mass is 533 g/mol. The molecule has 0 radical (unpaired) electrons. The van der Waals surface area contributed by atoms with Crippen molar-refractivity contribution in [3.05, 3.63) is 74.5 Å². The molecular weight excluding hydrogens is 510 g/mol. The van der Waals surface area contributed by atoms with E-state index in [4.69, 9.17) is 4.74 Å². The number of carbonyl (C=O) groups is 3. The van der Waals surface area contributed by atoms with E-state index in [2.05, 4.69) is 9.97 Å². The molecule has 0 spiro atoms. The van der Waals surface area contributed by atoms with E-state index < -0.39 is 5.97 Å². The number of aromatic amines is 1. The molecule has 188 valence electrons. The molecular formula is C27H23N3O5S2. The van der Waals surface area contributed by atoms with Crippen LogP contribution in [0, 0.1) is 29.6 Å². The second-order valence-corrected chi connectivity index (χ2v) is 12.2. The maximum atomic E-state index is 13.8. The van der Waals surface area contributed by atoms with Crippen molar-refractivity contribution in [3.8, 4) is 0 Å². The van der Waals surface area contributed by atoms with Crippen molar-refractivity contribution in [2.45, 2.75) is 29.5 Å². The van der Waals surface area contributed by atoms with Gasteiger partial charge in [-0.1, -0.05) is 17.4 Å². The minimum Gasteiger partial charge on any atom is -0.462 e. The summed E-state index contributed by atoms with van der Waals surface area (Å²) in [6.45, 7) is 2.02. The number of benzene rings is 1. The lowest BCUT2D eigenvalue weighted by molar-refractivity contribution is -0.123. The normalized spacial score (nSPS) is 31.3. The van der Waals surface area contributed by atoms with E-state index in [1.54, 1.807) is 49.1 Å². The molecule has 5 unspecified atom stereocenters. The highest BCUT2D eigenvalue weighted by atomic mass is 32.2. The number of amides is 2. The van der Waals surface area contributed by atoms with E-state index in [9.17, 15) is 19.2 Å². The predicted octanol–water partition coefficient (Wildman–Crippen LogP) is 3.69. The summed E-state index contributed by atoms with van der Waals surface area (Å²) in [4.78, 5) is 61.5. The van der Waals surface area contributed by atoms with Gasteiger partial charge < -0.3 is 9.72 Å². The first-order chi connectivity index (χ1) is 18.0. The Morgan fingerprint density at radius 3 is 2.57 bits per heavy atom. The first-order valence-electron chi connectivity index (χ1n) is 12.4. The number of nitrogens with zero attached hydrogens (tertiary/aromatic N) is 2. The summed E-state index contributed by atoms with van der Waals surface area (Å²) in [5.74, 6) is -1.28. The third-order valence-electron chi connectivity index (χ3n) is 8.40. The Labute approximate surface area is 220 Å². The van der Waals surface area contributed by atoms with Crippen molar-refractivity contribution >= 4 is 46.6 Å². The number of imide groups is 1. The van der Waals surface area contributed by atoms with Crippen molar-refractivity contribution < 1.29 is 19.1 Å². The fourth-order valence-corrected chi connectivity index (χ4v) is 10.1. The zero-order chi connectivity index (χ0) is 25.4. The van der Waals surface area contributed by atoms with Gasteiger partial charge in [0.1, 0.15) is 0 Å². The van der Waals surface area contributed by atoms with Crippen LogP contribution in [0.4, 0.5) is 5.69 Å². The molecule has 4 heterocycles. The maximum absolute atomic E-state index is 13.8. The van der Waals surface area contributed by atoms with Crippen LogP contribution in [-0.4, -0.2) is 39.6 Å². The Bertz CT molecular complexity index is 1480. The molecule has 10 heteroatoms. The Morgan fingerprint density at radius 2 is 1.86 bits per heavy atom. The second kappa shape index (κ2) is 8.39. The Morgan fingerprint density at radius 1 is 1.11 bits per heavy atom. The van der Waals surface area contributed by atoms with E-state index in [-0.39, 0.29) is 64.1 Å². The molecule has 7 atom stereocenters. The Balaban J connectivity index is 1.25. The Hall–Kier alpha value is -3.24. The molecule has 4 aliphatic rings. The molecule has 3 fully saturated rings. The summed E-state index contributed by atoms with van der Waals surface area (Å²) in [7, 11) is 0. The topological polar surface area (TPSA) is 109 Å². The molecule has 2 aliphatic carbocycles. The number of aromatic nitrogens is 2. The summed E-state index contributed by atoms with van der Waals surface area (Å²) in [5.41, 5.74) is 1.91. The summed E-state index contributed by atoms with van der Waals surface area (Å²) in [6, 6.07) is 10.4. The third-order valence-corrected chi connectivity index (χ3v) is 11.0. The van der Waals surface area contributed by atoms with Crippen LogP contribution < -0.4 is 9.77 Å². The van der Waals surface area contributed by atoms with Gasteiger partial charge in [0.15, 0.2) is 0 Å². The van der Waals surface area contributed by atoms with E-state index in [0.717, 1.165) is 21.9 Å². The van der Waals surface area contributed by atoms with E-state index in [1.807, 2.05) is 18.3 Å². The van der Waals surface area contributed by atoms with E-state index >= 15 is 0 Å². The largest absolute Gasteiger partial charge is 0.462 e. The van der Waals surface area contributed by atoms with Crippen LogP contribution in [0.5, 0.6) is 0 Å². The van der Waals surface area contributed by atoms with Gasteiger partial charge in [-0.3, -0.25) is 24.3 Å². The number of thioether (sulfide) groups is 1. The molecule has 3 aromatic rings. The number of H-pyrrole nitrogens is 1. The summed E-state index contributed by atoms with van der Waals surface area (Å²) < 4.78 is 5.05. The number of hydrogen-bond donors (Lipinski definition) is 1. The lowest BCUT2D eigenvalue weighted by Gasteiger charge is -2.42. The van der Waals surface area contributed by atoms with Crippen molar-refractivity contribution in [2.75, 3.05) is 11.5 Å². The molecule has 2 aromatic heterocycles. The summed E-state index contributed by atoms with van der Waals surface area (Å²) in [5, 5.41) is 1.02. The number of anilines is 1. The molecule has 2 saturated carbocycles. The number of ether oxygens (including phenoxy) is 1. The van der Waals surface area contributed by atoms with Gasteiger partial charge in [0, 0.05) is 28.4 Å². The second-order valence-electron chi connectivity index (χ2n) is 10.0. The van der Waals surface area contributed by atoms with Gasteiger partial charge in [-0.15, -0.1) is 11.8 Å². The highest BCUT2D eigenvalue weighted by Crippen LogP contribution is 2.68. The molecule has 2 aliphatic heterocycles. The molecule has 2 bridgehead atoms. The first-order valence-corrected chi connectivity index (χ1v) is 14.1. The molecule has 1 saturated heterocycles. The van der Waals surface area contributed by atoms with Crippen LogP contribution in [0.2, 0.25) is 0 Å². The number of nitrogens with one attached hydrogen (secondary N) is 1. The number of esters is 1. The molecule has 37 heavy (non-hydrogen) atoms. The minimum atomic E-state index is -0.434. The number of hydrogen-bond acceptors (Lipinski definition) is 8. The van der Waals surface area contributed by atoms with Crippen molar-refractivity contribution in [1.29, 1.82) is 0 Å². The van der Waals surface area contributed by atoms with Gasteiger partial charge in [-0.2, -0.15) is 0 Å². The van der Waals surface area contributed by atoms with Crippen LogP contribution in [0.1, 0.15) is 40.1 Å². The number of pyridine rings is 1. The number of carbonyl (C=O) groups excluding carboxylic acids is 3. The zero-order valence-corrected chi connectivity index (χ0v) is 21.5. The molecule has 1 N–H and O–H groups in total. The van der Waals surface area contributed by atoms with Crippen LogP contribution >= 0.6 is 23.1 Å². The van der Waals surface area contributed by atoms with Crippen LogP contribution in [0.25, 0.3) is 0 Å². The summed E-state index contributed by atoms with van der Waals surface area (Å²) in [6.07, 6.45) is 4.43. The van der Waals surface area contributed by atoms with E-state index in [1.165, 1.54) is 16.2 Å². The average molecular weight is 534 g/mol. The number of thiazole rings is 1. The van der Waals surface area contributed by atoms with Crippen molar-refractivity contribution in [2.24, 2.45) is 29.6 Å². The van der Waals surface area contributed by atoms with Gasteiger partial charge in [0.05, 0.1) is 34.7 Å². The fourth-order valence-electron chi connectivity index (χ4n) is 7.17. The standard InChI is InChI=1S/C27H23N3O5S2/c1-2-35-26(33)12-5-7-14(8-6-12)30-24(31)19-15-10-16(20(19)25(30)32)21-18(15)17(13-4-3-9-28-11-13)22-23(36-21)29-27(34)37-22/h3-9,11,15-21H,2,10H2,1H3,(H,29,34)/t15-,16-,17?,18?,19?,20?,21?/m1/s1. The van der Waals surface area contributed by atoms with Crippen LogP contribution in [0.15, 0.2) is 58.6 Å². The molecule has 7 rings (SSSR count). The van der Waals surface area contributed by atoms with Crippen molar-refractivity contribution in [3.63, 3.8) is 0 Å². The molecule has 8 nitrogen and oxygen atoms in total. The van der Waals surface area contributed by atoms with E-state index in [0.29, 0.717) is 11.3 Å². The van der Waals surface area contributed by atoms with Gasteiger partial charge in [-0.25, -0.2) is 4.79 Å². The van der Waals surface area contributed by atoms with Gasteiger partial charge in [0.2, 0.25) is 11.8 Å². The van der Waals surface area contributed by atoms with Gasteiger partial charge in [0.25, 0.3) is 0 Å². The molecule has 1 aromatic carbocycles. The molecule has 2 amide bonds. The average Bonchev–Trinajstić information content (AvgIpc) is 3.63. The smallest absolute Gasteiger partial charge is 0.338 e. The highest BCUT2D eigenvalue weighted by Gasteiger charge is 2.69. The highest BCUT2D eigenvalue weighted by molar-refractivity contribution is 8.00. The SMILES string of the molecule is CCOC(=O)c1ccc(N2C(=O)C3C(C2=O)[C@@H]2C[C@H]3C3Sc4[nH]c(=O)sc4C(c4cccnc4)C32)cc1. The summed E-state index contributed by atoms with van der Waals surface area (Å²) >= 11 is 2.91. The first kappa shape index (κ1) is 22.9. The fraction of sp³-hybridized carbons (Fsp3) is 0.370. The van der Waals surface area contributed by atoms with Gasteiger partial charge in [-0.05, 0) is 67.0 Å². The maximum Gasteiger partial charge on any atom is 0.338 e. The Kier molecular flexibility index (Phi) is 5.20. The lowest BCUT2D eigenvalue weighted by atomic mass is 9.68. The zero-order valence-electron chi connectivity index (χ0n) is 19.8. The number of rotatable bonds is 4. The third kappa shape index (κ3) is 3.24. The van der Waals surface area contributed by atoms with Crippen molar-refractivity contribution in [1.82, 2.24) is 9.97 Å². The quantitative estimate of drug-likeness (QED) is 0.402. The van der Waals surface area contributed by atoms with Crippen LogP contribution in [-0.2, 0) is 14.3 Å². The van der Waals surface area contributed by atoms with Crippen LogP contribution in [0.3, 0.4) is 0 Å². The predicted molar refractivity (Wildman–Crippen MR) is 138 cm³/mol. The number of fused-ring (bicyclic) bond motifs is 9. The lowest BCUT2D eigenvalue weighted by Crippen LogP contribution is -2.42. The minimum absolute atomic E-state index is 0.0318. The van der Waals surface area contributed by atoms with Gasteiger partial charge >= 0.3 is 10.8 Å².